The molecule has 4 nitrogen and oxygen atoms in total. The molecule has 2 aromatic heterocycles. The Morgan fingerprint density at radius 2 is 2.00 bits per heavy atom. The van der Waals surface area contributed by atoms with Gasteiger partial charge >= 0.3 is 0 Å². The number of hydrogen-bond donors (Lipinski definition) is 0. The minimum absolute atomic E-state index is 0.0625. The van der Waals surface area contributed by atoms with Gasteiger partial charge in [-0.05, 0) is 37.1 Å². The van der Waals surface area contributed by atoms with Gasteiger partial charge in [-0.25, -0.2) is 0 Å². The van der Waals surface area contributed by atoms with Crippen LogP contribution < -0.4 is 0 Å². The lowest BCUT2D eigenvalue weighted by Gasteiger charge is -2.09. The molecular formula is C17H14ClN3OS2. The van der Waals surface area contributed by atoms with Gasteiger partial charge in [0.2, 0.25) is 0 Å². The second kappa shape index (κ2) is 6.70. The highest BCUT2D eigenvalue weighted by Crippen LogP contribution is 2.41. The molecule has 1 fully saturated rings. The number of benzene rings is 1. The van der Waals surface area contributed by atoms with E-state index in [-0.39, 0.29) is 5.78 Å². The van der Waals surface area contributed by atoms with Gasteiger partial charge in [0.1, 0.15) is 5.82 Å². The molecule has 0 unspecified atom stereocenters. The van der Waals surface area contributed by atoms with Crippen LogP contribution in [-0.2, 0) is 0 Å². The van der Waals surface area contributed by atoms with E-state index in [9.17, 15) is 4.79 Å². The van der Waals surface area contributed by atoms with Crippen molar-refractivity contribution in [3.63, 3.8) is 0 Å². The number of carbonyl (C=O) groups excluding carboxylic acids is 1. The second-order valence-corrected chi connectivity index (χ2v) is 8.26. The molecule has 0 N–H and O–H groups in total. The maximum Gasteiger partial charge on any atom is 0.196 e. The van der Waals surface area contributed by atoms with Crippen molar-refractivity contribution in [1.29, 1.82) is 0 Å². The second-order valence-electron chi connectivity index (χ2n) is 5.60. The van der Waals surface area contributed by atoms with Gasteiger partial charge in [0, 0.05) is 11.6 Å². The van der Waals surface area contributed by atoms with Crippen molar-refractivity contribution in [2.24, 2.45) is 0 Å². The lowest BCUT2D eigenvalue weighted by molar-refractivity contribution is 0.102. The van der Waals surface area contributed by atoms with E-state index in [1.807, 2.05) is 30.3 Å². The third-order valence-electron chi connectivity index (χ3n) is 3.80. The molecule has 0 radical (unpaired) electrons. The number of thiophene rings is 1. The third-order valence-corrected chi connectivity index (χ3v) is 6.00. The smallest absolute Gasteiger partial charge is 0.196 e. The maximum absolute atomic E-state index is 12.3. The number of aromatic nitrogens is 3. The topological polar surface area (TPSA) is 47.8 Å². The van der Waals surface area contributed by atoms with Crippen LogP contribution in [0.2, 0.25) is 4.34 Å². The van der Waals surface area contributed by atoms with Crippen molar-refractivity contribution in [2.75, 3.05) is 5.75 Å². The Labute approximate surface area is 152 Å². The fraction of sp³-hybridized carbons (Fsp3) is 0.235. The van der Waals surface area contributed by atoms with Crippen LogP contribution in [-0.4, -0.2) is 26.3 Å². The molecule has 122 valence electrons. The summed E-state index contributed by atoms with van der Waals surface area (Å²) in [5, 5.41) is 9.46. The number of ketones is 1. The first-order chi connectivity index (χ1) is 11.7. The van der Waals surface area contributed by atoms with Crippen LogP contribution in [0.5, 0.6) is 0 Å². The van der Waals surface area contributed by atoms with Crippen LogP contribution in [0.3, 0.4) is 0 Å². The quantitative estimate of drug-likeness (QED) is 0.457. The molecule has 1 saturated carbocycles. The molecule has 3 aromatic rings. The third kappa shape index (κ3) is 3.27. The summed E-state index contributed by atoms with van der Waals surface area (Å²) in [6.07, 6.45) is 2.31. The molecule has 1 aliphatic rings. The Morgan fingerprint density at radius 3 is 2.67 bits per heavy atom. The monoisotopic (exact) mass is 375 g/mol. The predicted molar refractivity (Wildman–Crippen MR) is 97.7 cm³/mol. The first kappa shape index (κ1) is 15.9. The normalized spacial score (nSPS) is 14.0. The average Bonchev–Trinajstić information content (AvgIpc) is 3.21. The average molecular weight is 376 g/mol. The SMILES string of the molecule is O=C(CSc1nnc(C2CC2)n1-c1ccccc1)c1ccc(Cl)s1. The molecule has 0 amide bonds. The van der Waals surface area contributed by atoms with Crippen molar-refractivity contribution >= 4 is 40.5 Å². The van der Waals surface area contributed by atoms with E-state index >= 15 is 0 Å². The molecule has 2 heterocycles. The summed E-state index contributed by atoms with van der Waals surface area (Å²) >= 11 is 8.64. The number of carbonyl (C=O) groups is 1. The standard InChI is InChI=1S/C17H14ClN3OS2/c18-15-9-8-14(24-15)13(22)10-23-17-20-19-16(11-6-7-11)21(17)12-4-2-1-3-5-12/h1-5,8-9,11H,6-7,10H2. The number of para-hydroxylation sites is 1. The van der Waals surface area contributed by atoms with E-state index in [1.165, 1.54) is 23.1 Å². The molecule has 0 atom stereocenters. The summed E-state index contributed by atoms with van der Waals surface area (Å²) in [5.41, 5.74) is 1.04. The Kier molecular flexibility index (Phi) is 4.43. The molecule has 4 rings (SSSR count). The van der Waals surface area contributed by atoms with Gasteiger partial charge in [0.05, 0.1) is 15.0 Å². The van der Waals surface area contributed by atoms with Crippen LogP contribution >= 0.6 is 34.7 Å². The largest absolute Gasteiger partial charge is 0.292 e. The number of hydrogen-bond acceptors (Lipinski definition) is 5. The van der Waals surface area contributed by atoms with Crippen molar-refractivity contribution in [3.8, 4) is 5.69 Å². The summed E-state index contributed by atoms with van der Waals surface area (Å²) in [5.74, 6) is 1.87. The maximum atomic E-state index is 12.3. The fourth-order valence-electron chi connectivity index (χ4n) is 2.47. The van der Waals surface area contributed by atoms with Gasteiger partial charge < -0.3 is 0 Å². The first-order valence-electron chi connectivity index (χ1n) is 7.64. The van der Waals surface area contributed by atoms with E-state index in [2.05, 4.69) is 14.8 Å². The van der Waals surface area contributed by atoms with E-state index in [1.54, 1.807) is 12.1 Å². The summed E-state index contributed by atoms with van der Waals surface area (Å²) in [7, 11) is 0. The minimum Gasteiger partial charge on any atom is -0.292 e. The Morgan fingerprint density at radius 1 is 1.21 bits per heavy atom. The molecule has 7 heteroatoms. The highest BCUT2D eigenvalue weighted by molar-refractivity contribution is 7.99. The van der Waals surface area contributed by atoms with Crippen LogP contribution in [0, 0.1) is 0 Å². The van der Waals surface area contributed by atoms with Gasteiger partial charge in [-0.2, -0.15) is 0 Å². The van der Waals surface area contributed by atoms with Gasteiger partial charge in [0.25, 0.3) is 0 Å². The molecule has 1 aromatic carbocycles. The zero-order valence-corrected chi connectivity index (χ0v) is 15.1. The highest BCUT2D eigenvalue weighted by atomic mass is 35.5. The lowest BCUT2D eigenvalue weighted by Crippen LogP contribution is -2.04. The van der Waals surface area contributed by atoms with Gasteiger partial charge in [-0.1, -0.05) is 41.6 Å². The van der Waals surface area contributed by atoms with Crippen molar-refractivity contribution in [2.45, 2.75) is 23.9 Å². The number of Topliss-reactive ketones (excluding diaryl/α,β-unsaturated/α-hetero) is 1. The molecule has 0 bridgehead atoms. The van der Waals surface area contributed by atoms with Gasteiger partial charge in [0.15, 0.2) is 10.9 Å². The van der Waals surface area contributed by atoms with Crippen LogP contribution in [0.15, 0.2) is 47.6 Å². The summed E-state index contributed by atoms with van der Waals surface area (Å²) in [6.45, 7) is 0. The Bertz CT molecular complexity index is 871. The molecule has 1 aliphatic carbocycles. The van der Waals surface area contributed by atoms with E-state index in [4.69, 9.17) is 11.6 Å². The lowest BCUT2D eigenvalue weighted by atomic mass is 10.3. The Balaban J connectivity index is 1.58. The van der Waals surface area contributed by atoms with Crippen molar-refractivity contribution in [3.05, 3.63) is 57.5 Å². The number of thioether (sulfide) groups is 1. The molecule has 0 spiro atoms. The number of nitrogens with zero attached hydrogens (tertiary/aromatic N) is 3. The van der Waals surface area contributed by atoms with Crippen molar-refractivity contribution in [1.82, 2.24) is 14.8 Å². The van der Waals surface area contributed by atoms with Crippen LogP contribution in [0.1, 0.15) is 34.3 Å². The molecule has 0 saturated heterocycles. The van der Waals surface area contributed by atoms with Gasteiger partial charge in [-0.3, -0.25) is 9.36 Å². The predicted octanol–water partition coefficient (Wildman–Crippen LogP) is 4.83. The molecule has 24 heavy (non-hydrogen) atoms. The van der Waals surface area contributed by atoms with Crippen LogP contribution in [0.4, 0.5) is 0 Å². The number of halogens is 1. The summed E-state index contributed by atoms with van der Waals surface area (Å²) < 4.78 is 2.71. The zero-order valence-electron chi connectivity index (χ0n) is 12.7. The van der Waals surface area contributed by atoms with E-state index in [0.29, 0.717) is 20.9 Å². The van der Waals surface area contributed by atoms with Gasteiger partial charge in [-0.15, -0.1) is 21.5 Å². The van der Waals surface area contributed by atoms with E-state index in [0.717, 1.165) is 29.5 Å². The summed E-state index contributed by atoms with van der Waals surface area (Å²) in [6, 6.07) is 13.6. The number of rotatable bonds is 6. The van der Waals surface area contributed by atoms with Crippen LogP contribution in [0.25, 0.3) is 5.69 Å². The minimum atomic E-state index is 0.0625. The molecular weight excluding hydrogens is 362 g/mol. The first-order valence-corrected chi connectivity index (χ1v) is 9.82. The van der Waals surface area contributed by atoms with E-state index < -0.39 is 0 Å². The zero-order chi connectivity index (χ0) is 16.5. The Hall–Kier alpha value is -1.63. The molecule has 0 aliphatic heterocycles. The summed E-state index contributed by atoms with van der Waals surface area (Å²) in [4.78, 5) is 13.0. The highest BCUT2D eigenvalue weighted by Gasteiger charge is 2.31. The van der Waals surface area contributed by atoms with Crippen molar-refractivity contribution < 1.29 is 4.79 Å². The fourth-order valence-corrected chi connectivity index (χ4v) is 4.38.